The first-order valence-electron chi connectivity index (χ1n) is 8.35. The Balaban J connectivity index is 1.37. The summed E-state index contributed by atoms with van der Waals surface area (Å²) in [7, 11) is 0. The van der Waals surface area contributed by atoms with Gasteiger partial charge in [0.15, 0.2) is 0 Å². The van der Waals surface area contributed by atoms with E-state index in [1.54, 1.807) is 0 Å². The van der Waals surface area contributed by atoms with Crippen LogP contribution in [0.3, 0.4) is 0 Å². The number of nitrogens with one attached hydrogen (secondary N) is 2. The second kappa shape index (κ2) is 7.81. The van der Waals surface area contributed by atoms with Crippen LogP contribution in [0.5, 0.6) is 5.75 Å². The molecule has 0 aromatic heterocycles. The first-order chi connectivity index (χ1) is 10.8. The van der Waals surface area contributed by atoms with Crippen molar-refractivity contribution in [3.8, 4) is 5.75 Å². The molecule has 0 bridgehead atoms. The summed E-state index contributed by atoms with van der Waals surface area (Å²) in [5.41, 5.74) is 2.48. The molecule has 2 heterocycles. The minimum absolute atomic E-state index is 0.250. The summed E-state index contributed by atoms with van der Waals surface area (Å²) in [4.78, 5) is 2.46. The summed E-state index contributed by atoms with van der Waals surface area (Å²) < 4.78 is 11.2. The van der Waals surface area contributed by atoms with Gasteiger partial charge in [-0.25, -0.2) is 0 Å². The van der Waals surface area contributed by atoms with Gasteiger partial charge in [0.2, 0.25) is 0 Å². The van der Waals surface area contributed by atoms with E-state index in [0.29, 0.717) is 0 Å². The number of benzene rings is 1. The summed E-state index contributed by atoms with van der Waals surface area (Å²) in [6.45, 7) is 10.0. The molecule has 5 nitrogen and oxygen atoms in total. The standard InChI is InChI=1S/C17H27N3O2/c1-14-13-19-16-12-15(2-3-17(16)22-14)4-5-18-6-7-20-8-10-21-11-9-20/h2-3,12,14,18-19H,4-11,13H2,1H3. The van der Waals surface area contributed by atoms with Gasteiger partial charge in [-0.15, -0.1) is 0 Å². The Morgan fingerprint density at radius 1 is 1.27 bits per heavy atom. The molecule has 1 aromatic rings. The largest absolute Gasteiger partial charge is 0.487 e. The van der Waals surface area contributed by atoms with E-state index in [1.165, 1.54) is 5.56 Å². The van der Waals surface area contributed by atoms with E-state index >= 15 is 0 Å². The second-order valence-corrected chi connectivity index (χ2v) is 6.09. The number of hydrogen-bond acceptors (Lipinski definition) is 5. The zero-order valence-electron chi connectivity index (χ0n) is 13.4. The Hall–Kier alpha value is -1.30. The molecule has 2 aliphatic heterocycles. The third-order valence-corrected chi connectivity index (χ3v) is 4.25. The van der Waals surface area contributed by atoms with Crippen LogP contribution in [0.4, 0.5) is 5.69 Å². The van der Waals surface area contributed by atoms with Crippen LogP contribution < -0.4 is 15.4 Å². The Morgan fingerprint density at radius 3 is 3.00 bits per heavy atom. The maximum absolute atomic E-state index is 5.80. The fourth-order valence-corrected chi connectivity index (χ4v) is 2.91. The molecule has 2 aliphatic rings. The van der Waals surface area contributed by atoms with E-state index < -0.39 is 0 Å². The highest BCUT2D eigenvalue weighted by Gasteiger charge is 2.15. The van der Waals surface area contributed by atoms with E-state index in [2.05, 4.69) is 40.7 Å². The average molecular weight is 305 g/mol. The quantitative estimate of drug-likeness (QED) is 0.777. The van der Waals surface area contributed by atoms with E-state index in [0.717, 1.165) is 70.3 Å². The fourth-order valence-electron chi connectivity index (χ4n) is 2.91. The molecule has 0 aliphatic carbocycles. The van der Waals surface area contributed by atoms with Gasteiger partial charge >= 0.3 is 0 Å². The predicted octanol–water partition coefficient (Wildman–Crippen LogP) is 1.34. The Bertz CT molecular complexity index is 475. The number of ether oxygens (including phenoxy) is 2. The minimum atomic E-state index is 0.250. The molecule has 5 heteroatoms. The molecule has 1 aromatic carbocycles. The van der Waals surface area contributed by atoms with Crippen molar-refractivity contribution in [2.24, 2.45) is 0 Å². The van der Waals surface area contributed by atoms with Crippen molar-refractivity contribution in [2.45, 2.75) is 19.4 Å². The van der Waals surface area contributed by atoms with E-state index in [-0.39, 0.29) is 6.10 Å². The van der Waals surface area contributed by atoms with Crippen LogP contribution >= 0.6 is 0 Å². The molecule has 22 heavy (non-hydrogen) atoms. The molecule has 1 unspecified atom stereocenters. The number of morpholine rings is 1. The second-order valence-electron chi connectivity index (χ2n) is 6.09. The molecule has 2 N–H and O–H groups in total. The van der Waals surface area contributed by atoms with Crippen LogP contribution in [-0.2, 0) is 11.2 Å². The smallest absolute Gasteiger partial charge is 0.142 e. The molecule has 0 spiro atoms. The van der Waals surface area contributed by atoms with Gasteiger partial charge < -0.3 is 20.1 Å². The molecule has 0 radical (unpaired) electrons. The number of fused-ring (bicyclic) bond motifs is 1. The van der Waals surface area contributed by atoms with E-state index in [4.69, 9.17) is 9.47 Å². The SMILES string of the molecule is CC1CNc2cc(CCNCCN3CCOCC3)ccc2O1. The van der Waals surface area contributed by atoms with Crippen molar-refractivity contribution in [3.63, 3.8) is 0 Å². The number of nitrogens with zero attached hydrogens (tertiary/aromatic N) is 1. The summed E-state index contributed by atoms with van der Waals surface area (Å²) in [5.74, 6) is 0.975. The fraction of sp³-hybridized carbons (Fsp3) is 0.647. The lowest BCUT2D eigenvalue weighted by atomic mass is 10.1. The maximum atomic E-state index is 5.80. The van der Waals surface area contributed by atoms with Gasteiger partial charge in [-0.3, -0.25) is 4.90 Å². The van der Waals surface area contributed by atoms with E-state index in [9.17, 15) is 0 Å². The van der Waals surface area contributed by atoms with Gasteiger partial charge in [0, 0.05) is 26.2 Å². The van der Waals surface area contributed by atoms with Crippen LogP contribution in [0.1, 0.15) is 12.5 Å². The van der Waals surface area contributed by atoms with E-state index in [1.807, 2.05) is 0 Å². The third kappa shape index (κ3) is 4.35. The van der Waals surface area contributed by atoms with Crippen molar-refractivity contribution in [3.05, 3.63) is 23.8 Å². The Morgan fingerprint density at radius 2 is 2.14 bits per heavy atom. The first-order valence-corrected chi connectivity index (χ1v) is 8.35. The molecule has 1 atom stereocenters. The van der Waals surface area contributed by atoms with Crippen molar-refractivity contribution in [1.29, 1.82) is 0 Å². The summed E-state index contributed by atoms with van der Waals surface area (Å²) >= 11 is 0. The van der Waals surface area contributed by atoms with Gasteiger partial charge in [0.25, 0.3) is 0 Å². The highest BCUT2D eigenvalue weighted by Crippen LogP contribution is 2.29. The Labute approximate surface area is 133 Å². The van der Waals surface area contributed by atoms with Gasteiger partial charge in [-0.05, 0) is 37.6 Å². The number of rotatable bonds is 6. The number of anilines is 1. The van der Waals surface area contributed by atoms with Crippen LogP contribution in [0, 0.1) is 0 Å². The molecule has 1 fully saturated rings. The predicted molar refractivity (Wildman–Crippen MR) is 88.9 cm³/mol. The molecular formula is C17H27N3O2. The lowest BCUT2D eigenvalue weighted by Crippen LogP contribution is -2.40. The zero-order chi connectivity index (χ0) is 15.2. The molecule has 0 amide bonds. The summed E-state index contributed by atoms with van der Waals surface area (Å²) in [6, 6.07) is 6.47. The highest BCUT2D eigenvalue weighted by molar-refractivity contribution is 5.59. The van der Waals surface area contributed by atoms with Gasteiger partial charge in [-0.1, -0.05) is 6.07 Å². The van der Waals surface area contributed by atoms with Crippen LogP contribution in [0.25, 0.3) is 0 Å². The lowest BCUT2D eigenvalue weighted by Gasteiger charge is -2.26. The van der Waals surface area contributed by atoms with Gasteiger partial charge in [-0.2, -0.15) is 0 Å². The number of hydrogen-bond donors (Lipinski definition) is 2. The van der Waals surface area contributed by atoms with Crippen LogP contribution in [-0.4, -0.2) is 63.5 Å². The molecule has 3 rings (SSSR count). The Kier molecular flexibility index (Phi) is 5.53. The van der Waals surface area contributed by atoms with Gasteiger partial charge in [0.05, 0.1) is 25.4 Å². The summed E-state index contributed by atoms with van der Waals surface area (Å²) in [5, 5.41) is 6.97. The molecule has 0 saturated carbocycles. The first kappa shape index (κ1) is 15.6. The molecule has 122 valence electrons. The van der Waals surface area contributed by atoms with Gasteiger partial charge in [0.1, 0.15) is 11.9 Å². The average Bonchev–Trinajstić information content (AvgIpc) is 2.55. The topological polar surface area (TPSA) is 45.8 Å². The lowest BCUT2D eigenvalue weighted by molar-refractivity contribution is 0.0385. The summed E-state index contributed by atoms with van der Waals surface area (Å²) in [6.07, 6.45) is 1.30. The minimum Gasteiger partial charge on any atom is -0.487 e. The third-order valence-electron chi connectivity index (χ3n) is 4.25. The van der Waals surface area contributed by atoms with Crippen LogP contribution in [0.15, 0.2) is 18.2 Å². The van der Waals surface area contributed by atoms with Crippen molar-refractivity contribution < 1.29 is 9.47 Å². The molecular weight excluding hydrogens is 278 g/mol. The van der Waals surface area contributed by atoms with Crippen molar-refractivity contribution in [1.82, 2.24) is 10.2 Å². The van der Waals surface area contributed by atoms with Crippen molar-refractivity contribution in [2.75, 3.05) is 57.8 Å². The maximum Gasteiger partial charge on any atom is 0.142 e. The van der Waals surface area contributed by atoms with Crippen molar-refractivity contribution >= 4 is 5.69 Å². The molecule has 1 saturated heterocycles. The normalized spacial score (nSPS) is 21.8. The zero-order valence-corrected chi connectivity index (χ0v) is 13.4. The highest BCUT2D eigenvalue weighted by atomic mass is 16.5. The van der Waals surface area contributed by atoms with Crippen LogP contribution in [0.2, 0.25) is 0 Å². The monoisotopic (exact) mass is 305 g/mol.